The largest absolute Gasteiger partial charge is 0.236 e. The van der Waals surface area contributed by atoms with Crippen molar-refractivity contribution in [3.63, 3.8) is 0 Å². The van der Waals surface area contributed by atoms with Crippen molar-refractivity contribution in [1.82, 2.24) is 9.97 Å². The summed E-state index contributed by atoms with van der Waals surface area (Å²) >= 11 is 9.87. The van der Waals surface area contributed by atoms with Crippen LogP contribution in [-0.4, -0.2) is 9.97 Å². The highest BCUT2D eigenvalue weighted by molar-refractivity contribution is 9.10. The minimum atomic E-state index is 0.239. The standard InChI is InChI=1S/C16H20BrClN2/c1-2-12-13(17)14(18)20-15(19-12)16-6-9-3-10(7-16)5-11(4-9)8-16/h9-11H,2-8H2,1H3. The van der Waals surface area contributed by atoms with Gasteiger partial charge in [0.25, 0.3) is 0 Å². The molecular weight excluding hydrogens is 336 g/mol. The third-order valence-electron chi connectivity index (χ3n) is 5.73. The molecule has 1 aromatic rings. The van der Waals surface area contributed by atoms with Crippen LogP contribution in [0.15, 0.2) is 4.47 Å². The molecular formula is C16H20BrClN2. The predicted molar refractivity (Wildman–Crippen MR) is 84.0 cm³/mol. The molecule has 0 unspecified atom stereocenters. The van der Waals surface area contributed by atoms with E-state index in [2.05, 4.69) is 27.8 Å². The zero-order chi connectivity index (χ0) is 13.9. The van der Waals surface area contributed by atoms with Gasteiger partial charge in [-0.3, -0.25) is 0 Å². The van der Waals surface area contributed by atoms with E-state index in [0.29, 0.717) is 5.15 Å². The summed E-state index contributed by atoms with van der Waals surface area (Å²) in [7, 11) is 0. The first-order valence-corrected chi connectivity index (χ1v) is 8.99. The van der Waals surface area contributed by atoms with Gasteiger partial charge in [-0.15, -0.1) is 0 Å². The summed E-state index contributed by atoms with van der Waals surface area (Å²) in [6, 6.07) is 0. The maximum absolute atomic E-state index is 6.34. The van der Waals surface area contributed by atoms with Gasteiger partial charge in [0.1, 0.15) is 11.0 Å². The van der Waals surface area contributed by atoms with Crippen molar-refractivity contribution in [2.24, 2.45) is 17.8 Å². The minimum absolute atomic E-state index is 0.239. The summed E-state index contributed by atoms with van der Waals surface area (Å²) in [6.07, 6.45) is 9.13. The molecule has 0 N–H and O–H groups in total. The van der Waals surface area contributed by atoms with Gasteiger partial charge in [-0.05, 0) is 78.6 Å². The monoisotopic (exact) mass is 354 g/mol. The van der Waals surface area contributed by atoms with Crippen LogP contribution in [0, 0.1) is 17.8 Å². The molecule has 0 atom stereocenters. The topological polar surface area (TPSA) is 25.8 Å². The first-order chi connectivity index (χ1) is 9.59. The van der Waals surface area contributed by atoms with Crippen molar-refractivity contribution in [3.8, 4) is 0 Å². The van der Waals surface area contributed by atoms with E-state index >= 15 is 0 Å². The van der Waals surface area contributed by atoms with E-state index in [1.54, 1.807) is 0 Å². The van der Waals surface area contributed by atoms with Gasteiger partial charge in [0.15, 0.2) is 0 Å². The van der Waals surface area contributed by atoms with Crippen LogP contribution in [0.5, 0.6) is 0 Å². The average molecular weight is 356 g/mol. The molecule has 108 valence electrons. The van der Waals surface area contributed by atoms with Crippen molar-refractivity contribution in [3.05, 3.63) is 21.1 Å². The summed E-state index contributed by atoms with van der Waals surface area (Å²) in [4.78, 5) is 9.58. The van der Waals surface area contributed by atoms with Crippen LogP contribution in [-0.2, 0) is 11.8 Å². The maximum Gasteiger partial charge on any atom is 0.147 e. The molecule has 4 heteroatoms. The van der Waals surface area contributed by atoms with Crippen LogP contribution < -0.4 is 0 Å². The SMILES string of the molecule is CCc1nc(C23CC4CC(CC(C4)C2)C3)nc(Cl)c1Br. The van der Waals surface area contributed by atoms with Crippen LogP contribution in [0.25, 0.3) is 0 Å². The Bertz CT molecular complexity index is 522. The summed E-state index contributed by atoms with van der Waals surface area (Å²) in [5, 5.41) is 0.600. The van der Waals surface area contributed by atoms with Gasteiger partial charge >= 0.3 is 0 Å². The van der Waals surface area contributed by atoms with Crippen LogP contribution in [0.4, 0.5) is 0 Å². The minimum Gasteiger partial charge on any atom is -0.236 e. The molecule has 4 aliphatic rings. The normalized spacial score (nSPS) is 38.5. The van der Waals surface area contributed by atoms with Crippen LogP contribution >= 0.6 is 27.5 Å². The van der Waals surface area contributed by atoms with Crippen LogP contribution in [0.1, 0.15) is 57.0 Å². The molecule has 0 radical (unpaired) electrons. The van der Waals surface area contributed by atoms with Crippen molar-refractivity contribution in [1.29, 1.82) is 0 Å². The highest BCUT2D eigenvalue weighted by Gasteiger charge is 2.53. The number of aryl methyl sites for hydroxylation is 1. The second-order valence-corrected chi connectivity index (χ2v) is 8.30. The Hall–Kier alpha value is -0.150. The zero-order valence-corrected chi connectivity index (χ0v) is 14.2. The summed E-state index contributed by atoms with van der Waals surface area (Å²) in [5.74, 6) is 3.79. The molecule has 0 spiro atoms. The summed E-state index contributed by atoms with van der Waals surface area (Å²) < 4.78 is 0.884. The van der Waals surface area contributed by atoms with E-state index in [0.717, 1.165) is 40.2 Å². The number of rotatable bonds is 2. The van der Waals surface area contributed by atoms with Gasteiger partial charge in [-0.2, -0.15) is 0 Å². The maximum atomic E-state index is 6.34. The van der Waals surface area contributed by atoms with Gasteiger partial charge in [0.05, 0.1) is 10.2 Å². The Kier molecular flexibility index (Phi) is 3.16. The first-order valence-electron chi connectivity index (χ1n) is 7.82. The average Bonchev–Trinajstić information content (AvgIpc) is 2.40. The third-order valence-corrected chi connectivity index (χ3v) is 7.06. The Morgan fingerprint density at radius 2 is 1.65 bits per heavy atom. The Morgan fingerprint density at radius 3 is 2.15 bits per heavy atom. The number of aromatic nitrogens is 2. The predicted octanol–water partition coefficient (Wildman–Crippen LogP) is 4.92. The molecule has 4 fully saturated rings. The highest BCUT2D eigenvalue weighted by Crippen LogP contribution is 2.60. The summed E-state index contributed by atoms with van der Waals surface area (Å²) in [6.45, 7) is 2.13. The number of hydrogen-bond donors (Lipinski definition) is 0. The van der Waals surface area contributed by atoms with E-state index in [4.69, 9.17) is 16.6 Å². The second-order valence-electron chi connectivity index (χ2n) is 7.15. The number of hydrogen-bond acceptors (Lipinski definition) is 2. The quantitative estimate of drug-likeness (QED) is 0.703. The van der Waals surface area contributed by atoms with E-state index in [-0.39, 0.29) is 5.41 Å². The summed E-state index contributed by atoms with van der Waals surface area (Å²) in [5.41, 5.74) is 1.30. The van der Waals surface area contributed by atoms with Gasteiger partial charge < -0.3 is 0 Å². The molecule has 5 rings (SSSR count). The number of nitrogens with zero attached hydrogens (tertiary/aromatic N) is 2. The molecule has 0 amide bonds. The third kappa shape index (κ3) is 1.96. The van der Waals surface area contributed by atoms with E-state index in [9.17, 15) is 0 Å². The smallest absolute Gasteiger partial charge is 0.147 e. The van der Waals surface area contributed by atoms with Crippen molar-refractivity contribution in [2.45, 2.75) is 57.3 Å². The van der Waals surface area contributed by atoms with Gasteiger partial charge in [0.2, 0.25) is 0 Å². The molecule has 2 nitrogen and oxygen atoms in total. The molecule has 4 saturated carbocycles. The van der Waals surface area contributed by atoms with Gasteiger partial charge in [-0.25, -0.2) is 9.97 Å². The molecule has 0 aromatic carbocycles. The van der Waals surface area contributed by atoms with Gasteiger partial charge in [0, 0.05) is 5.41 Å². The lowest BCUT2D eigenvalue weighted by Gasteiger charge is -2.56. The highest BCUT2D eigenvalue weighted by atomic mass is 79.9. The Labute approximate surface area is 133 Å². The number of halogens is 2. The zero-order valence-electron chi connectivity index (χ0n) is 11.8. The van der Waals surface area contributed by atoms with Crippen molar-refractivity contribution < 1.29 is 0 Å². The van der Waals surface area contributed by atoms with E-state index in [1.807, 2.05) is 0 Å². The van der Waals surface area contributed by atoms with Crippen LogP contribution in [0.2, 0.25) is 5.15 Å². The lowest BCUT2D eigenvalue weighted by Crippen LogP contribution is -2.49. The van der Waals surface area contributed by atoms with Crippen LogP contribution in [0.3, 0.4) is 0 Å². The van der Waals surface area contributed by atoms with Crippen molar-refractivity contribution >= 4 is 27.5 Å². The molecule has 0 aliphatic heterocycles. The fourth-order valence-corrected chi connectivity index (χ4v) is 5.97. The van der Waals surface area contributed by atoms with Crippen molar-refractivity contribution in [2.75, 3.05) is 0 Å². The fraction of sp³-hybridized carbons (Fsp3) is 0.750. The lowest BCUT2D eigenvalue weighted by molar-refractivity contribution is -0.00950. The lowest BCUT2D eigenvalue weighted by atomic mass is 9.49. The fourth-order valence-electron chi connectivity index (χ4n) is 5.32. The molecule has 4 bridgehead atoms. The molecule has 0 saturated heterocycles. The first kappa shape index (κ1) is 13.5. The molecule has 1 aromatic heterocycles. The van der Waals surface area contributed by atoms with Gasteiger partial charge in [-0.1, -0.05) is 18.5 Å². The second kappa shape index (κ2) is 4.67. The molecule has 4 aliphatic carbocycles. The molecule has 1 heterocycles. The Balaban J connectivity index is 1.79. The molecule has 20 heavy (non-hydrogen) atoms. The van der Waals surface area contributed by atoms with E-state index < -0.39 is 0 Å². The van der Waals surface area contributed by atoms with E-state index in [1.165, 1.54) is 38.5 Å². The Morgan fingerprint density at radius 1 is 1.10 bits per heavy atom.